The second-order valence-corrected chi connectivity index (χ2v) is 10.0. The van der Waals surface area contributed by atoms with Crippen LogP contribution in [0.4, 0.5) is 11.4 Å². The normalized spacial score (nSPS) is 13.9. The highest BCUT2D eigenvalue weighted by molar-refractivity contribution is 7.13. The van der Waals surface area contributed by atoms with Gasteiger partial charge in [-0.2, -0.15) is 5.10 Å². The van der Waals surface area contributed by atoms with Crippen LogP contribution in [-0.2, 0) is 4.74 Å². The summed E-state index contributed by atoms with van der Waals surface area (Å²) in [5.41, 5.74) is 12.5. The van der Waals surface area contributed by atoms with E-state index in [1.807, 2.05) is 41.8 Å². The first-order chi connectivity index (χ1) is 18.7. The number of nitrogens with one attached hydrogen (secondary N) is 2. The lowest BCUT2D eigenvalue weighted by Gasteiger charge is -2.29. The van der Waals surface area contributed by atoms with Crippen LogP contribution >= 0.6 is 11.3 Å². The van der Waals surface area contributed by atoms with E-state index >= 15 is 0 Å². The smallest absolute Gasteiger partial charge is 0.261 e. The molecule has 6 aromatic rings. The van der Waals surface area contributed by atoms with Gasteiger partial charge in [-0.25, -0.2) is 9.97 Å². The van der Waals surface area contributed by atoms with Gasteiger partial charge in [-0.1, -0.05) is 24.3 Å². The van der Waals surface area contributed by atoms with E-state index in [-0.39, 0.29) is 5.56 Å². The van der Waals surface area contributed by atoms with E-state index in [4.69, 9.17) is 15.5 Å². The molecular formula is C28H23N7O2S. The number of nitrogens with two attached hydrogens (primary N) is 1. The van der Waals surface area contributed by atoms with E-state index in [9.17, 15) is 4.79 Å². The number of fused-ring (bicyclic) bond motifs is 2. The molecule has 1 saturated heterocycles. The summed E-state index contributed by atoms with van der Waals surface area (Å²) in [6.45, 7) is 3.03. The number of H-pyrrole nitrogens is 2. The molecule has 4 N–H and O–H groups in total. The SMILES string of the molecule is Nc1c(-c2cccc3[nH]ncc23)cc(-c2nccs2)c2nc(-c3cccc(N4CCOCC4)c3)[nH]c(=O)c12. The summed E-state index contributed by atoms with van der Waals surface area (Å²) in [5, 5.41) is 11.1. The van der Waals surface area contributed by atoms with E-state index in [2.05, 4.69) is 37.2 Å². The van der Waals surface area contributed by atoms with Crippen LogP contribution in [0.15, 0.2) is 71.1 Å². The van der Waals surface area contributed by atoms with E-state index in [1.165, 1.54) is 11.3 Å². The van der Waals surface area contributed by atoms with Crippen LogP contribution in [0.3, 0.4) is 0 Å². The fourth-order valence-electron chi connectivity index (χ4n) is 5.10. The van der Waals surface area contributed by atoms with E-state index in [1.54, 1.807) is 12.4 Å². The number of hydrogen-bond donors (Lipinski definition) is 3. The second-order valence-electron chi connectivity index (χ2n) is 9.15. The topological polar surface area (TPSA) is 126 Å². The molecule has 0 saturated carbocycles. The first-order valence-corrected chi connectivity index (χ1v) is 13.2. The average molecular weight is 522 g/mol. The zero-order chi connectivity index (χ0) is 25.6. The molecule has 10 heteroatoms. The molecular weight excluding hydrogens is 498 g/mol. The predicted molar refractivity (Wildman–Crippen MR) is 151 cm³/mol. The van der Waals surface area contributed by atoms with Crippen molar-refractivity contribution in [1.29, 1.82) is 0 Å². The molecule has 1 aliphatic rings. The van der Waals surface area contributed by atoms with Gasteiger partial charge < -0.3 is 20.4 Å². The number of anilines is 2. The van der Waals surface area contributed by atoms with Crippen LogP contribution in [0.25, 0.3) is 54.9 Å². The molecule has 3 aromatic heterocycles. The number of nitrogen functional groups attached to an aromatic ring is 1. The minimum Gasteiger partial charge on any atom is -0.398 e. The lowest BCUT2D eigenvalue weighted by molar-refractivity contribution is 0.122. The van der Waals surface area contributed by atoms with Gasteiger partial charge in [0.15, 0.2) is 0 Å². The third-order valence-electron chi connectivity index (χ3n) is 6.96. The summed E-state index contributed by atoms with van der Waals surface area (Å²) in [4.78, 5) is 28.4. The lowest BCUT2D eigenvalue weighted by Crippen LogP contribution is -2.36. The summed E-state index contributed by atoms with van der Waals surface area (Å²) in [5.74, 6) is 0.486. The highest BCUT2D eigenvalue weighted by Gasteiger charge is 2.21. The highest BCUT2D eigenvalue weighted by Crippen LogP contribution is 2.40. The number of aromatic amines is 2. The van der Waals surface area contributed by atoms with Crippen molar-refractivity contribution >= 4 is 44.5 Å². The van der Waals surface area contributed by atoms with E-state index < -0.39 is 0 Å². The van der Waals surface area contributed by atoms with E-state index in [0.717, 1.165) is 56.9 Å². The van der Waals surface area contributed by atoms with Gasteiger partial charge in [-0.05, 0) is 29.8 Å². The molecule has 0 amide bonds. The Balaban J connectivity index is 1.46. The van der Waals surface area contributed by atoms with Crippen molar-refractivity contribution in [2.45, 2.75) is 0 Å². The van der Waals surface area contributed by atoms with Crippen molar-refractivity contribution in [2.75, 3.05) is 36.9 Å². The van der Waals surface area contributed by atoms with Gasteiger partial charge >= 0.3 is 0 Å². The van der Waals surface area contributed by atoms with Gasteiger partial charge in [0.05, 0.1) is 41.5 Å². The number of ether oxygens (including phenoxy) is 1. The number of morpholine rings is 1. The molecule has 9 nitrogen and oxygen atoms in total. The number of aromatic nitrogens is 5. The van der Waals surface area contributed by atoms with Crippen molar-refractivity contribution in [2.24, 2.45) is 0 Å². The Morgan fingerprint density at radius 2 is 1.89 bits per heavy atom. The number of hydrogen-bond acceptors (Lipinski definition) is 8. The van der Waals surface area contributed by atoms with Crippen LogP contribution in [0.5, 0.6) is 0 Å². The second kappa shape index (κ2) is 9.09. The van der Waals surface area contributed by atoms with Crippen molar-refractivity contribution in [3.05, 3.63) is 76.7 Å². The van der Waals surface area contributed by atoms with Gasteiger partial charge in [0.25, 0.3) is 5.56 Å². The molecule has 0 spiro atoms. The Morgan fingerprint density at radius 3 is 2.74 bits per heavy atom. The number of thiazole rings is 1. The maximum absolute atomic E-state index is 13.7. The first kappa shape index (κ1) is 22.6. The van der Waals surface area contributed by atoms with Crippen molar-refractivity contribution in [3.8, 4) is 33.1 Å². The Labute approximate surface area is 220 Å². The minimum atomic E-state index is -0.293. The fourth-order valence-corrected chi connectivity index (χ4v) is 5.75. The Hall–Kier alpha value is -4.54. The molecule has 0 unspecified atom stereocenters. The molecule has 38 heavy (non-hydrogen) atoms. The maximum Gasteiger partial charge on any atom is 0.261 e. The third-order valence-corrected chi connectivity index (χ3v) is 7.76. The van der Waals surface area contributed by atoms with Crippen molar-refractivity contribution in [3.63, 3.8) is 0 Å². The predicted octanol–water partition coefficient (Wildman–Crippen LogP) is 4.68. The molecule has 1 fully saturated rings. The van der Waals surface area contributed by atoms with Gasteiger partial charge in [-0.3, -0.25) is 9.89 Å². The number of rotatable bonds is 4. The summed E-state index contributed by atoms with van der Waals surface area (Å²) in [7, 11) is 0. The maximum atomic E-state index is 13.7. The van der Waals surface area contributed by atoms with Crippen LogP contribution in [0, 0.1) is 0 Å². The van der Waals surface area contributed by atoms with E-state index in [0.29, 0.717) is 35.6 Å². The first-order valence-electron chi connectivity index (χ1n) is 12.3. The molecule has 4 heterocycles. The Morgan fingerprint density at radius 1 is 1.03 bits per heavy atom. The molecule has 0 bridgehead atoms. The number of nitrogens with zero attached hydrogens (tertiary/aromatic N) is 4. The standard InChI is InChI=1S/C28H23N7O2S/c29-24-19(18-5-2-6-22-21(18)15-31-34-22)14-20(28-30-7-12-38-28)25-23(24)27(36)33-26(32-25)16-3-1-4-17(13-16)35-8-10-37-11-9-35/h1-7,12-15H,8-11,29H2,(H,31,34)(H,32,33,36). The highest BCUT2D eigenvalue weighted by atomic mass is 32.1. The summed E-state index contributed by atoms with van der Waals surface area (Å²) in [6.07, 6.45) is 3.52. The molecule has 0 aliphatic carbocycles. The molecule has 1 aliphatic heterocycles. The minimum absolute atomic E-state index is 0.293. The third kappa shape index (κ3) is 3.73. The molecule has 0 radical (unpaired) electrons. The van der Waals surface area contributed by atoms with Crippen LogP contribution in [-0.4, -0.2) is 51.5 Å². The summed E-state index contributed by atoms with van der Waals surface area (Å²) >= 11 is 1.49. The fraction of sp³-hybridized carbons (Fsp3) is 0.143. The van der Waals surface area contributed by atoms with Gasteiger partial charge in [0.1, 0.15) is 10.8 Å². The summed E-state index contributed by atoms with van der Waals surface area (Å²) < 4.78 is 5.50. The monoisotopic (exact) mass is 521 g/mol. The Kier molecular flexibility index (Phi) is 5.41. The van der Waals surface area contributed by atoms with Crippen LogP contribution in [0.1, 0.15) is 0 Å². The summed E-state index contributed by atoms with van der Waals surface area (Å²) in [6, 6.07) is 15.9. The average Bonchev–Trinajstić information content (AvgIpc) is 3.66. The van der Waals surface area contributed by atoms with Gasteiger partial charge in [0, 0.05) is 52.4 Å². The van der Waals surface area contributed by atoms with Crippen molar-refractivity contribution in [1.82, 2.24) is 25.1 Å². The molecule has 3 aromatic carbocycles. The molecule has 7 rings (SSSR count). The Bertz CT molecular complexity index is 1850. The quantitative estimate of drug-likeness (QED) is 0.288. The van der Waals surface area contributed by atoms with Crippen LogP contribution < -0.4 is 16.2 Å². The van der Waals surface area contributed by atoms with Crippen LogP contribution in [0.2, 0.25) is 0 Å². The van der Waals surface area contributed by atoms with Gasteiger partial charge in [-0.15, -0.1) is 11.3 Å². The largest absolute Gasteiger partial charge is 0.398 e. The molecule has 0 atom stereocenters. The van der Waals surface area contributed by atoms with Crippen molar-refractivity contribution < 1.29 is 4.74 Å². The number of benzene rings is 3. The van der Waals surface area contributed by atoms with Gasteiger partial charge in [0.2, 0.25) is 0 Å². The lowest BCUT2D eigenvalue weighted by atomic mass is 9.95. The zero-order valence-electron chi connectivity index (χ0n) is 20.3. The molecule has 188 valence electrons. The zero-order valence-corrected chi connectivity index (χ0v) is 21.1.